The zero-order valence-corrected chi connectivity index (χ0v) is 10.8. The molecule has 0 saturated heterocycles. The molecule has 0 fully saturated rings. The minimum absolute atomic E-state index is 0.301. The fraction of sp³-hybridized carbons (Fsp3) is 0.500. The molecule has 1 aromatic rings. The van der Waals surface area contributed by atoms with E-state index in [4.69, 9.17) is 5.11 Å². The first kappa shape index (κ1) is 13.4. The third-order valence-electron chi connectivity index (χ3n) is 2.25. The van der Waals surface area contributed by atoms with Crippen LogP contribution in [0.5, 0.6) is 0 Å². The molecule has 0 unspecified atom stereocenters. The van der Waals surface area contributed by atoms with Gasteiger partial charge in [0.2, 0.25) is 0 Å². The second-order valence-corrected chi connectivity index (χ2v) is 4.69. The summed E-state index contributed by atoms with van der Waals surface area (Å²) in [5.74, 6) is -1.02. The molecule has 0 bridgehead atoms. The lowest BCUT2D eigenvalue weighted by Crippen LogP contribution is -2.40. The van der Waals surface area contributed by atoms with E-state index in [-0.39, 0.29) is 12.6 Å². The number of carboxylic acids is 1. The molecule has 94 valence electrons. The molecule has 0 aliphatic carbocycles. The Morgan fingerprint density at radius 3 is 2.53 bits per heavy atom. The van der Waals surface area contributed by atoms with Crippen LogP contribution in [0.3, 0.4) is 0 Å². The van der Waals surface area contributed by atoms with E-state index >= 15 is 0 Å². The molecule has 17 heavy (non-hydrogen) atoms. The molecule has 1 aromatic heterocycles. The van der Waals surface area contributed by atoms with Crippen LogP contribution in [-0.4, -0.2) is 52.5 Å². The number of carbonyl (C=O) groups is 2. The summed E-state index contributed by atoms with van der Waals surface area (Å²) in [6.45, 7) is 2.02. The maximum atomic E-state index is 11.8. The number of aromatic nitrogens is 1. The fourth-order valence-electron chi connectivity index (χ4n) is 1.32. The fourth-order valence-corrected chi connectivity index (χ4v) is 2.15. The quantitative estimate of drug-likeness (QED) is 0.874. The number of aliphatic carboxylic acids is 1. The molecule has 7 heteroatoms. The Hall–Kier alpha value is -1.63. The molecule has 1 heterocycles. The van der Waals surface area contributed by atoms with E-state index in [9.17, 15) is 9.59 Å². The lowest BCUT2D eigenvalue weighted by molar-refractivity contribution is -0.137. The number of amides is 2. The number of thiazole rings is 1. The predicted octanol–water partition coefficient (Wildman–Crippen LogP) is 1.02. The number of hydrogen-bond acceptors (Lipinski definition) is 4. The van der Waals surface area contributed by atoms with Gasteiger partial charge in [-0.05, 0) is 6.92 Å². The van der Waals surface area contributed by atoms with Crippen LogP contribution in [0.2, 0.25) is 0 Å². The van der Waals surface area contributed by atoms with Crippen LogP contribution in [0.4, 0.5) is 4.79 Å². The van der Waals surface area contributed by atoms with Crippen LogP contribution in [0, 0.1) is 6.92 Å². The van der Waals surface area contributed by atoms with E-state index in [1.807, 2.05) is 6.92 Å². The topological polar surface area (TPSA) is 73.7 Å². The van der Waals surface area contributed by atoms with Crippen molar-refractivity contribution < 1.29 is 14.7 Å². The lowest BCUT2D eigenvalue weighted by atomic mass is 10.4. The van der Waals surface area contributed by atoms with Crippen molar-refractivity contribution in [3.63, 3.8) is 0 Å². The first-order chi connectivity index (χ1) is 7.91. The monoisotopic (exact) mass is 257 g/mol. The number of hydrogen-bond donors (Lipinski definition) is 1. The van der Waals surface area contributed by atoms with Crippen molar-refractivity contribution in [2.45, 2.75) is 13.5 Å². The molecule has 1 N–H and O–H groups in total. The number of nitrogens with zero attached hydrogens (tertiary/aromatic N) is 3. The highest BCUT2D eigenvalue weighted by molar-refractivity contribution is 7.09. The first-order valence-electron chi connectivity index (χ1n) is 4.98. The smallest absolute Gasteiger partial charge is 0.323 e. The highest BCUT2D eigenvalue weighted by atomic mass is 32.1. The molecule has 0 aliphatic heterocycles. The largest absolute Gasteiger partial charge is 0.480 e. The predicted molar refractivity (Wildman–Crippen MR) is 64.0 cm³/mol. The third-order valence-corrected chi connectivity index (χ3v) is 3.17. The Kier molecular flexibility index (Phi) is 4.45. The van der Waals surface area contributed by atoms with Gasteiger partial charge in [0.25, 0.3) is 0 Å². The van der Waals surface area contributed by atoms with Gasteiger partial charge in [-0.2, -0.15) is 0 Å². The molecule has 0 atom stereocenters. The zero-order chi connectivity index (χ0) is 13.0. The molecular weight excluding hydrogens is 242 g/mol. The normalized spacial score (nSPS) is 10.1. The zero-order valence-electron chi connectivity index (χ0n) is 10.0. The molecule has 1 rings (SSSR count). The standard InChI is InChI=1S/C10H15N3O3S/c1-7-8(17-6-11-7)4-12(2)10(16)13(3)5-9(14)15/h6H,4-5H2,1-3H3,(H,14,15). The number of rotatable bonds is 4. The van der Waals surface area contributed by atoms with Crippen LogP contribution in [0.25, 0.3) is 0 Å². The minimum Gasteiger partial charge on any atom is -0.480 e. The second kappa shape index (κ2) is 5.62. The van der Waals surface area contributed by atoms with Crippen molar-refractivity contribution in [2.24, 2.45) is 0 Å². The van der Waals surface area contributed by atoms with Crippen LogP contribution < -0.4 is 0 Å². The molecule has 2 amide bonds. The van der Waals surface area contributed by atoms with Crippen LogP contribution in [0.1, 0.15) is 10.6 Å². The number of carbonyl (C=O) groups excluding carboxylic acids is 1. The van der Waals surface area contributed by atoms with E-state index < -0.39 is 5.97 Å². The van der Waals surface area contributed by atoms with Crippen molar-refractivity contribution in [1.29, 1.82) is 0 Å². The molecule has 0 spiro atoms. The number of aryl methyl sites for hydroxylation is 1. The minimum atomic E-state index is -1.02. The van der Waals surface area contributed by atoms with E-state index in [2.05, 4.69) is 4.98 Å². The lowest BCUT2D eigenvalue weighted by Gasteiger charge is -2.23. The van der Waals surface area contributed by atoms with Gasteiger partial charge >= 0.3 is 12.0 Å². The van der Waals surface area contributed by atoms with Crippen molar-refractivity contribution in [3.05, 3.63) is 16.1 Å². The Labute approximate surface area is 103 Å². The average Bonchev–Trinajstić information content (AvgIpc) is 2.62. The molecule has 0 aliphatic rings. The number of carboxylic acid groups (broad SMARTS) is 1. The molecule has 0 aromatic carbocycles. The van der Waals surface area contributed by atoms with Gasteiger partial charge in [-0.1, -0.05) is 0 Å². The summed E-state index contributed by atoms with van der Waals surface area (Å²) in [6.07, 6.45) is 0. The summed E-state index contributed by atoms with van der Waals surface area (Å²) in [6, 6.07) is -0.319. The average molecular weight is 257 g/mol. The summed E-state index contributed by atoms with van der Waals surface area (Å²) < 4.78 is 0. The van der Waals surface area contributed by atoms with Crippen molar-refractivity contribution in [3.8, 4) is 0 Å². The molecule has 0 saturated carbocycles. The Bertz CT molecular complexity index is 419. The van der Waals surface area contributed by atoms with Gasteiger partial charge in [0, 0.05) is 19.0 Å². The van der Waals surface area contributed by atoms with Gasteiger partial charge in [0.05, 0.1) is 17.7 Å². The van der Waals surface area contributed by atoms with Gasteiger partial charge in [0.1, 0.15) is 6.54 Å². The van der Waals surface area contributed by atoms with Gasteiger partial charge in [0.15, 0.2) is 0 Å². The summed E-state index contributed by atoms with van der Waals surface area (Å²) in [5, 5.41) is 8.60. The van der Waals surface area contributed by atoms with E-state index in [0.717, 1.165) is 10.6 Å². The van der Waals surface area contributed by atoms with Crippen molar-refractivity contribution >= 4 is 23.3 Å². The van der Waals surface area contributed by atoms with Crippen molar-refractivity contribution in [1.82, 2.24) is 14.8 Å². The van der Waals surface area contributed by atoms with Gasteiger partial charge in [-0.3, -0.25) is 4.79 Å². The van der Waals surface area contributed by atoms with Gasteiger partial charge in [-0.15, -0.1) is 11.3 Å². The van der Waals surface area contributed by atoms with Crippen LogP contribution in [-0.2, 0) is 11.3 Å². The Balaban J connectivity index is 2.58. The highest BCUT2D eigenvalue weighted by Crippen LogP contribution is 2.14. The molecule has 0 radical (unpaired) electrons. The summed E-state index contributed by atoms with van der Waals surface area (Å²) in [5.41, 5.74) is 2.62. The summed E-state index contributed by atoms with van der Waals surface area (Å²) in [7, 11) is 3.10. The van der Waals surface area contributed by atoms with Gasteiger partial charge < -0.3 is 14.9 Å². The first-order valence-corrected chi connectivity index (χ1v) is 5.86. The van der Waals surface area contributed by atoms with Gasteiger partial charge in [-0.25, -0.2) is 9.78 Å². The van der Waals surface area contributed by atoms with E-state index in [1.54, 1.807) is 12.6 Å². The summed E-state index contributed by atoms with van der Waals surface area (Å²) in [4.78, 5) is 30.0. The summed E-state index contributed by atoms with van der Waals surface area (Å²) >= 11 is 1.48. The number of likely N-dealkylation sites (N-methyl/N-ethyl adjacent to an activating group) is 1. The van der Waals surface area contributed by atoms with E-state index in [1.165, 1.54) is 28.2 Å². The Morgan fingerprint density at radius 2 is 2.06 bits per heavy atom. The SMILES string of the molecule is Cc1ncsc1CN(C)C(=O)N(C)CC(=O)O. The van der Waals surface area contributed by atoms with E-state index in [0.29, 0.717) is 6.54 Å². The third kappa shape index (κ3) is 3.70. The van der Waals surface area contributed by atoms with Crippen molar-refractivity contribution in [2.75, 3.05) is 20.6 Å². The molecule has 6 nitrogen and oxygen atoms in total. The van der Waals surface area contributed by atoms with Crippen LogP contribution >= 0.6 is 11.3 Å². The number of urea groups is 1. The van der Waals surface area contributed by atoms with Crippen LogP contribution in [0.15, 0.2) is 5.51 Å². The maximum Gasteiger partial charge on any atom is 0.323 e. The highest BCUT2D eigenvalue weighted by Gasteiger charge is 2.17. The second-order valence-electron chi connectivity index (χ2n) is 3.75. The molecular formula is C10H15N3O3S. The maximum absolute atomic E-state index is 11.8. The Morgan fingerprint density at radius 1 is 1.41 bits per heavy atom.